The highest BCUT2D eigenvalue weighted by Crippen LogP contribution is 2.26. The van der Waals surface area contributed by atoms with Crippen molar-refractivity contribution < 1.29 is 9.84 Å². The number of ether oxygens (including phenoxy) is 1. The fraction of sp³-hybridized carbons (Fsp3) is 0.417. The Bertz CT molecular complexity index is 412. The van der Waals surface area contributed by atoms with E-state index in [1.54, 1.807) is 32.4 Å². The van der Waals surface area contributed by atoms with Gasteiger partial charge in [0, 0.05) is 24.8 Å². The van der Waals surface area contributed by atoms with Gasteiger partial charge in [0.2, 0.25) is 0 Å². The zero-order valence-corrected chi connectivity index (χ0v) is 11.4. The second kappa shape index (κ2) is 7.03. The molecule has 0 saturated heterocycles. The van der Waals surface area contributed by atoms with Gasteiger partial charge in [0.1, 0.15) is 5.75 Å². The molecule has 0 saturated carbocycles. The molecule has 0 radical (unpaired) electrons. The Hall–Kier alpha value is -1.53. The van der Waals surface area contributed by atoms with E-state index in [0.29, 0.717) is 35.1 Å². The Kier molecular flexibility index (Phi) is 5.67. The molecule has 0 fully saturated rings. The molecule has 0 aliphatic carbocycles. The van der Waals surface area contributed by atoms with Gasteiger partial charge in [-0.05, 0) is 36.8 Å². The molecular weight excluding hydrogens is 250 g/mol. The van der Waals surface area contributed by atoms with Crippen molar-refractivity contribution in [3.05, 3.63) is 23.8 Å². The smallest absolute Gasteiger partial charge is 0.166 e. The summed E-state index contributed by atoms with van der Waals surface area (Å²) in [5.74, 6) is 0.678. The molecule has 1 atom stereocenters. The van der Waals surface area contributed by atoms with E-state index in [1.807, 2.05) is 0 Å². The summed E-state index contributed by atoms with van der Waals surface area (Å²) in [6, 6.07) is 5.24. The average Bonchev–Trinajstić information content (AvgIpc) is 2.38. The Balaban J connectivity index is 2.60. The van der Waals surface area contributed by atoms with Gasteiger partial charge in [-0.15, -0.1) is 0 Å². The zero-order chi connectivity index (χ0) is 13.5. The maximum Gasteiger partial charge on any atom is 0.166 e. The SMILES string of the molecule is CNC(=S)NCCC(O)c1cc(OC)ccc1N. The number of nitrogens with two attached hydrogens (primary N) is 1. The molecule has 0 aliphatic heterocycles. The third-order valence-electron chi connectivity index (χ3n) is 2.58. The first-order chi connectivity index (χ1) is 8.58. The monoisotopic (exact) mass is 269 g/mol. The molecule has 5 N–H and O–H groups in total. The van der Waals surface area contributed by atoms with E-state index in [0.717, 1.165) is 0 Å². The minimum absolute atomic E-state index is 0.513. The van der Waals surface area contributed by atoms with E-state index < -0.39 is 6.10 Å². The number of benzene rings is 1. The maximum absolute atomic E-state index is 10.1. The molecule has 1 aromatic rings. The van der Waals surface area contributed by atoms with Crippen LogP contribution in [0.25, 0.3) is 0 Å². The van der Waals surface area contributed by atoms with Crippen molar-refractivity contribution in [2.45, 2.75) is 12.5 Å². The quantitative estimate of drug-likeness (QED) is 0.468. The second-order valence-electron chi connectivity index (χ2n) is 3.81. The number of anilines is 1. The van der Waals surface area contributed by atoms with Crippen LogP contribution < -0.4 is 21.1 Å². The predicted octanol–water partition coefficient (Wildman–Crippen LogP) is 0.795. The van der Waals surface area contributed by atoms with E-state index in [4.69, 9.17) is 22.7 Å². The number of aliphatic hydroxyl groups excluding tert-OH is 1. The molecular formula is C12H19N3O2S. The summed E-state index contributed by atoms with van der Waals surface area (Å²) >= 11 is 4.94. The van der Waals surface area contributed by atoms with Crippen molar-refractivity contribution in [1.82, 2.24) is 10.6 Å². The Morgan fingerprint density at radius 2 is 2.28 bits per heavy atom. The molecule has 1 unspecified atom stereocenters. The minimum Gasteiger partial charge on any atom is -0.497 e. The van der Waals surface area contributed by atoms with Gasteiger partial charge in [0.05, 0.1) is 13.2 Å². The summed E-state index contributed by atoms with van der Waals surface area (Å²) in [5, 5.41) is 16.4. The number of hydrogen-bond donors (Lipinski definition) is 4. The normalized spacial score (nSPS) is 11.7. The second-order valence-corrected chi connectivity index (χ2v) is 4.21. The van der Waals surface area contributed by atoms with Crippen molar-refractivity contribution in [3.63, 3.8) is 0 Å². The number of aliphatic hydroxyl groups is 1. The predicted molar refractivity (Wildman–Crippen MR) is 76.6 cm³/mol. The lowest BCUT2D eigenvalue weighted by molar-refractivity contribution is 0.169. The standard InChI is InChI=1S/C12H19N3O2S/c1-14-12(18)15-6-5-11(16)9-7-8(17-2)3-4-10(9)13/h3-4,7,11,16H,5-6,13H2,1-2H3,(H2,14,15,18). The molecule has 0 bridgehead atoms. The lowest BCUT2D eigenvalue weighted by atomic mass is 10.0. The van der Waals surface area contributed by atoms with Crippen molar-refractivity contribution >= 4 is 23.0 Å². The van der Waals surface area contributed by atoms with Crippen LogP contribution in [0, 0.1) is 0 Å². The van der Waals surface area contributed by atoms with Gasteiger partial charge in [-0.3, -0.25) is 0 Å². The van der Waals surface area contributed by atoms with E-state index in [9.17, 15) is 5.11 Å². The van der Waals surface area contributed by atoms with E-state index in [1.165, 1.54) is 0 Å². The zero-order valence-electron chi connectivity index (χ0n) is 10.6. The Labute approximate surface area is 112 Å². The van der Waals surface area contributed by atoms with Crippen molar-refractivity contribution in [2.24, 2.45) is 0 Å². The van der Waals surface area contributed by atoms with Gasteiger partial charge in [0.25, 0.3) is 0 Å². The summed E-state index contributed by atoms with van der Waals surface area (Å²) in [6.45, 7) is 0.567. The van der Waals surface area contributed by atoms with Crippen LogP contribution in [0.3, 0.4) is 0 Å². The van der Waals surface area contributed by atoms with Crippen LogP contribution in [-0.4, -0.2) is 30.9 Å². The summed E-state index contributed by atoms with van der Waals surface area (Å²) in [4.78, 5) is 0. The lowest BCUT2D eigenvalue weighted by Crippen LogP contribution is -2.33. The molecule has 0 heterocycles. The van der Waals surface area contributed by atoms with Crippen LogP contribution in [-0.2, 0) is 0 Å². The Morgan fingerprint density at radius 3 is 2.89 bits per heavy atom. The fourth-order valence-electron chi connectivity index (χ4n) is 1.53. The number of nitrogen functional groups attached to an aromatic ring is 1. The van der Waals surface area contributed by atoms with Gasteiger partial charge in [-0.2, -0.15) is 0 Å². The molecule has 0 aliphatic rings. The third-order valence-corrected chi connectivity index (χ3v) is 2.93. The van der Waals surface area contributed by atoms with Crippen LogP contribution in [0.5, 0.6) is 5.75 Å². The summed E-state index contributed by atoms with van der Waals surface area (Å²) < 4.78 is 5.11. The van der Waals surface area contributed by atoms with Gasteiger partial charge >= 0.3 is 0 Å². The van der Waals surface area contributed by atoms with E-state index >= 15 is 0 Å². The first-order valence-corrected chi connectivity index (χ1v) is 6.06. The Morgan fingerprint density at radius 1 is 1.56 bits per heavy atom. The largest absolute Gasteiger partial charge is 0.497 e. The first-order valence-electron chi connectivity index (χ1n) is 5.65. The molecule has 5 nitrogen and oxygen atoms in total. The lowest BCUT2D eigenvalue weighted by Gasteiger charge is -2.15. The van der Waals surface area contributed by atoms with Crippen molar-refractivity contribution in [1.29, 1.82) is 0 Å². The number of thiocarbonyl (C=S) groups is 1. The van der Waals surface area contributed by atoms with Crippen LogP contribution in [0.15, 0.2) is 18.2 Å². The summed E-state index contributed by atoms with van der Waals surface area (Å²) in [5.41, 5.74) is 7.06. The van der Waals surface area contributed by atoms with Gasteiger partial charge in [-0.25, -0.2) is 0 Å². The molecule has 6 heteroatoms. The maximum atomic E-state index is 10.1. The van der Waals surface area contributed by atoms with Gasteiger partial charge in [-0.1, -0.05) is 0 Å². The number of hydrogen-bond acceptors (Lipinski definition) is 4. The molecule has 0 aromatic heterocycles. The topological polar surface area (TPSA) is 79.5 Å². The molecule has 1 rings (SSSR count). The molecule has 18 heavy (non-hydrogen) atoms. The van der Waals surface area contributed by atoms with Crippen molar-refractivity contribution in [3.8, 4) is 5.75 Å². The van der Waals surface area contributed by atoms with Crippen LogP contribution in [0.4, 0.5) is 5.69 Å². The molecule has 0 spiro atoms. The highest BCUT2D eigenvalue weighted by atomic mass is 32.1. The highest BCUT2D eigenvalue weighted by Gasteiger charge is 2.12. The van der Waals surface area contributed by atoms with E-state index in [-0.39, 0.29) is 0 Å². The fourth-order valence-corrected chi connectivity index (χ4v) is 1.64. The third kappa shape index (κ3) is 4.05. The van der Waals surface area contributed by atoms with Gasteiger partial charge in [0.15, 0.2) is 5.11 Å². The van der Waals surface area contributed by atoms with Gasteiger partial charge < -0.3 is 26.2 Å². The minimum atomic E-state index is -0.646. The summed E-state index contributed by atoms with van der Waals surface area (Å²) in [7, 11) is 3.32. The van der Waals surface area contributed by atoms with E-state index in [2.05, 4.69) is 10.6 Å². The number of rotatable bonds is 5. The highest BCUT2D eigenvalue weighted by molar-refractivity contribution is 7.80. The van der Waals surface area contributed by atoms with Crippen LogP contribution in [0.1, 0.15) is 18.1 Å². The summed E-state index contributed by atoms with van der Waals surface area (Å²) in [6.07, 6.45) is -0.133. The molecule has 100 valence electrons. The van der Waals surface area contributed by atoms with Crippen LogP contribution in [0.2, 0.25) is 0 Å². The number of nitrogens with one attached hydrogen (secondary N) is 2. The molecule has 0 amide bonds. The number of methoxy groups -OCH3 is 1. The first kappa shape index (κ1) is 14.5. The van der Waals surface area contributed by atoms with Crippen LogP contribution >= 0.6 is 12.2 Å². The van der Waals surface area contributed by atoms with Crippen molar-refractivity contribution in [2.75, 3.05) is 26.4 Å². The molecule has 1 aromatic carbocycles. The average molecular weight is 269 g/mol.